The number of nitrogens with zero attached hydrogens (tertiary/aromatic N) is 3. The molecule has 8 nitrogen and oxygen atoms in total. The van der Waals surface area contributed by atoms with E-state index in [4.69, 9.17) is 25.6 Å². The largest absolute Gasteiger partial charge is 0.497 e. The van der Waals surface area contributed by atoms with Gasteiger partial charge in [0, 0.05) is 28.8 Å². The van der Waals surface area contributed by atoms with Gasteiger partial charge >= 0.3 is 0 Å². The van der Waals surface area contributed by atoms with Gasteiger partial charge in [0.15, 0.2) is 5.96 Å². The zero-order valence-corrected chi connectivity index (χ0v) is 20.6. The molecule has 0 saturated carbocycles. The van der Waals surface area contributed by atoms with Crippen LogP contribution >= 0.6 is 35.6 Å². The zero-order chi connectivity index (χ0) is 21.3. The Hall–Kier alpha value is -2.53. The summed E-state index contributed by atoms with van der Waals surface area (Å²) in [6.07, 6.45) is 0. The van der Waals surface area contributed by atoms with Gasteiger partial charge in [-0.15, -0.1) is 24.0 Å². The smallest absolute Gasteiger partial charge is 0.246 e. The Morgan fingerprint density at radius 3 is 2.55 bits per heavy atom. The van der Waals surface area contributed by atoms with Gasteiger partial charge in [0.1, 0.15) is 11.5 Å². The normalized spacial score (nSPS) is 10.9. The Morgan fingerprint density at radius 1 is 1.10 bits per heavy atom. The van der Waals surface area contributed by atoms with Crippen LogP contribution in [0.1, 0.15) is 18.4 Å². The molecular weight excluding hydrogens is 533 g/mol. The molecule has 0 radical (unpaired) electrons. The maximum atomic E-state index is 5.92. The van der Waals surface area contributed by atoms with Crippen LogP contribution in [-0.4, -0.2) is 36.9 Å². The van der Waals surface area contributed by atoms with Gasteiger partial charge in [0.2, 0.25) is 11.7 Å². The van der Waals surface area contributed by atoms with Gasteiger partial charge in [-0.05, 0) is 43.3 Å². The van der Waals surface area contributed by atoms with Crippen LogP contribution in [0.5, 0.6) is 11.5 Å². The highest BCUT2D eigenvalue weighted by Gasteiger charge is 2.10. The average molecular weight is 558 g/mol. The Bertz CT molecular complexity index is 995. The standard InChI is InChI=1S/C21H24ClN5O3.HI/c1-4-23-21(24-12-15-7-10-17(28-2)11-18(15)29-3)25-13-19-26-20(27-30-19)14-5-8-16(22)9-6-14;/h5-11H,4,12-13H2,1-3H3,(H2,23,24,25);1H. The van der Waals surface area contributed by atoms with E-state index < -0.39 is 0 Å². The molecule has 3 rings (SSSR count). The van der Waals surface area contributed by atoms with Crippen molar-refractivity contribution in [2.45, 2.75) is 20.0 Å². The van der Waals surface area contributed by atoms with Crippen LogP contribution in [0.3, 0.4) is 0 Å². The second-order valence-corrected chi connectivity index (χ2v) is 6.68. The number of hydrogen-bond acceptors (Lipinski definition) is 6. The Kier molecular flexibility index (Phi) is 9.86. The molecule has 0 unspecified atom stereocenters. The predicted octanol–water partition coefficient (Wildman–Crippen LogP) is 4.28. The maximum absolute atomic E-state index is 5.92. The summed E-state index contributed by atoms with van der Waals surface area (Å²) in [4.78, 5) is 9.01. The number of halogens is 2. The molecule has 10 heteroatoms. The second-order valence-electron chi connectivity index (χ2n) is 6.25. The minimum Gasteiger partial charge on any atom is -0.497 e. The van der Waals surface area contributed by atoms with Gasteiger partial charge in [-0.3, -0.25) is 0 Å². The highest BCUT2D eigenvalue weighted by atomic mass is 127. The first kappa shape index (κ1) is 24.7. The van der Waals surface area contributed by atoms with Crippen molar-refractivity contribution in [3.05, 3.63) is 58.9 Å². The fourth-order valence-corrected chi connectivity index (χ4v) is 2.82. The molecule has 0 aliphatic rings. The van der Waals surface area contributed by atoms with E-state index in [1.165, 1.54) is 0 Å². The van der Waals surface area contributed by atoms with E-state index in [0.717, 1.165) is 22.6 Å². The average Bonchev–Trinajstić information content (AvgIpc) is 3.25. The molecule has 0 saturated heterocycles. The van der Waals surface area contributed by atoms with E-state index in [1.807, 2.05) is 37.3 Å². The molecule has 3 aromatic rings. The van der Waals surface area contributed by atoms with Crippen molar-refractivity contribution in [2.24, 2.45) is 4.99 Å². The van der Waals surface area contributed by atoms with Crippen molar-refractivity contribution in [3.8, 4) is 22.9 Å². The molecule has 31 heavy (non-hydrogen) atoms. The van der Waals surface area contributed by atoms with Gasteiger partial charge in [0.25, 0.3) is 0 Å². The molecule has 0 aliphatic heterocycles. The summed E-state index contributed by atoms with van der Waals surface area (Å²) >= 11 is 5.92. The molecule has 0 bridgehead atoms. The number of benzene rings is 2. The van der Waals surface area contributed by atoms with E-state index in [2.05, 4.69) is 25.8 Å². The fraction of sp³-hybridized carbons (Fsp3) is 0.286. The number of ether oxygens (including phenoxy) is 2. The lowest BCUT2D eigenvalue weighted by Crippen LogP contribution is -2.36. The molecule has 2 N–H and O–H groups in total. The van der Waals surface area contributed by atoms with Crippen molar-refractivity contribution < 1.29 is 14.0 Å². The molecule has 0 amide bonds. The van der Waals surface area contributed by atoms with Crippen LogP contribution in [0, 0.1) is 0 Å². The summed E-state index contributed by atoms with van der Waals surface area (Å²) in [5.74, 6) is 3.04. The zero-order valence-electron chi connectivity index (χ0n) is 17.5. The number of guanidine groups is 1. The van der Waals surface area contributed by atoms with Crippen LogP contribution in [0.15, 0.2) is 52.0 Å². The minimum absolute atomic E-state index is 0. The molecule has 1 aromatic heterocycles. The van der Waals surface area contributed by atoms with E-state index in [9.17, 15) is 0 Å². The summed E-state index contributed by atoms with van der Waals surface area (Å²) < 4.78 is 16.0. The summed E-state index contributed by atoms with van der Waals surface area (Å²) in [5, 5.41) is 11.1. The first-order chi connectivity index (χ1) is 14.6. The van der Waals surface area contributed by atoms with E-state index in [-0.39, 0.29) is 24.0 Å². The molecule has 0 atom stereocenters. The van der Waals surface area contributed by atoms with Gasteiger partial charge in [-0.2, -0.15) is 4.98 Å². The van der Waals surface area contributed by atoms with Crippen molar-refractivity contribution in [1.29, 1.82) is 0 Å². The first-order valence-electron chi connectivity index (χ1n) is 9.44. The summed E-state index contributed by atoms with van der Waals surface area (Å²) in [7, 11) is 3.24. The Labute approximate surface area is 203 Å². The van der Waals surface area contributed by atoms with E-state index in [0.29, 0.717) is 42.3 Å². The lowest BCUT2D eigenvalue weighted by atomic mass is 10.2. The van der Waals surface area contributed by atoms with Crippen LogP contribution in [-0.2, 0) is 13.1 Å². The Balaban J connectivity index is 0.00000341. The van der Waals surface area contributed by atoms with Crippen molar-refractivity contribution in [2.75, 3.05) is 20.8 Å². The van der Waals surface area contributed by atoms with Crippen LogP contribution in [0.4, 0.5) is 0 Å². The molecule has 2 aromatic carbocycles. The minimum atomic E-state index is 0. The number of methoxy groups -OCH3 is 2. The van der Waals surface area contributed by atoms with Crippen LogP contribution < -0.4 is 20.1 Å². The maximum Gasteiger partial charge on any atom is 0.246 e. The Morgan fingerprint density at radius 2 is 1.87 bits per heavy atom. The van der Waals surface area contributed by atoms with Crippen molar-refractivity contribution in [1.82, 2.24) is 20.8 Å². The molecule has 0 spiro atoms. The molecule has 0 fully saturated rings. The quantitative estimate of drug-likeness (QED) is 0.243. The summed E-state index contributed by atoms with van der Waals surface area (Å²) in [5.41, 5.74) is 1.78. The lowest BCUT2D eigenvalue weighted by molar-refractivity contribution is 0.375. The molecule has 166 valence electrons. The fourth-order valence-electron chi connectivity index (χ4n) is 2.69. The lowest BCUT2D eigenvalue weighted by Gasteiger charge is -2.11. The molecule has 0 aliphatic carbocycles. The highest BCUT2D eigenvalue weighted by Crippen LogP contribution is 2.25. The third-order valence-corrected chi connectivity index (χ3v) is 4.48. The predicted molar refractivity (Wildman–Crippen MR) is 131 cm³/mol. The second kappa shape index (κ2) is 12.4. The molecule has 1 heterocycles. The number of aliphatic imine (C=N–C) groups is 1. The summed E-state index contributed by atoms with van der Waals surface area (Å²) in [6.45, 7) is 3.48. The van der Waals surface area contributed by atoms with E-state index >= 15 is 0 Å². The number of rotatable bonds is 8. The summed E-state index contributed by atoms with van der Waals surface area (Å²) in [6, 6.07) is 12.9. The number of hydrogen-bond donors (Lipinski definition) is 2. The first-order valence-corrected chi connectivity index (χ1v) is 9.82. The van der Waals surface area contributed by atoms with Gasteiger partial charge < -0.3 is 24.6 Å². The van der Waals surface area contributed by atoms with Crippen LogP contribution in [0.2, 0.25) is 5.02 Å². The number of aromatic nitrogens is 2. The topological polar surface area (TPSA) is 93.8 Å². The number of nitrogens with one attached hydrogen (secondary N) is 2. The van der Waals surface area contributed by atoms with Crippen molar-refractivity contribution in [3.63, 3.8) is 0 Å². The monoisotopic (exact) mass is 557 g/mol. The third kappa shape index (κ3) is 7.00. The van der Waals surface area contributed by atoms with Gasteiger partial charge in [0.05, 0.1) is 27.3 Å². The van der Waals surface area contributed by atoms with Gasteiger partial charge in [-0.1, -0.05) is 16.8 Å². The highest BCUT2D eigenvalue weighted by molar-refractivity contribution is 14.0. The van der Waals surface area contributed by atoms with Gasteiger partial charge in [-0.25, -0.2) is 4.99 Å². The van der Waals surface area contributed by atoms with Crippen LogP contribution in [0.25, 0.3) is 11.4 Å². The van der Waals surface area contributed by atoms with E-state index in [1.54, 1.807) is 26.4 Å². The SMILES string of the molecule is CCNC(=NCc1ccc(OC)cc1OC)NCc1nc(-c2ccc(Cl)cc2)no1.I. The van der Waals surface area contributed by atoms with Crippen molar-refractivity contribution >= 4 is 41.5 Å². The molecular formula is C21H25ClIN5O3. The third-order valence-electron chi connectivity index (χ3n) is 4.22.